The summed E-state index contributed by atoms with van der Waals surface area (Å²) in [5.41, 5.74) is 5.48. The lowest BCUT2D eigenvalue weighted by Crippen LogP contribution is -2.22. The third kappa shape index (κ3) is 5.62. The number of carbonyl (C=O) groups excluding carboxylic acids is 2. The molecule has 0 fully saturated rings. The molecule has 2 amide bonds. The lowest BCUT2D eigenvalue weighted by atomic mass is 10.3. The summed E-state index contributed by atoms with van der Waals surface area (Å²) in [4.78, 5) is 22.9. The van der Waals surface area contributed by atoms with Gasteiger partial charge >= 0.3 is 0 Å². The summed E-state index contributed by atoms with van der Waals surface area (Å²) >= 11 is 9.38. The van der Waals surface area contributed by atoms with Crippen LogP contribution in [0, 0.1) is 5.82 Å². The maximum absolute atomic E-state index is 13.1. The SMILES string of the molecule is CC(Sc1nnc(SCC(N)=O)s1)C(=O)Nc1ccc(F)c(Cl)c1. The van der Waals surface area contributed by atoms with E-state index in [2.05, 4.69) is 15.5 Å². The van der Waals surface area contributed by atoms with Crippen molar-refractivity contribution < 1.29 is 14.0 Å². The van der Waals surface area contributed by atoms with E-state index in [9.17, 15) is 14.0 Å². The Bertz CT molecular complexity index is 759. The smallest absolute Gasteiger partial charge is 0.237 e. The maximum Gasteiger partial charge on any atom is 0.237 e. The number of amides is 2. The summed E-state index contributed by atoms with van der Waals surface area (Å²) in [6.45, 7) is 1.71. The van der Waals surface area contributed by atoms with E-state index in [0.29, 0.717) is 14.4 Å². The van der Waals surface area contributed by atoms with Crippen LogP contribution < -0.4 is 11.1 Å². The average Bonchev–Trinajstić information content (AvgIpc) is 2.96. The molecule has 24 heavy (non-hydrogen) atoms. The van der Waals surface area contributed by atoms with Gasteiger partial charge in [-0.25, -0.2) is 4.39 Å². The number of hydrogen-bond donors (Lipinski definition) is 2. The Hall–Kier alpha value is -1.36. The predicted octanol–water partition coefficient (Wildman–Crippen LogP) is 3.03. The Labute approximate surface area is 154 Å². The van der Waals surface area contributed by atoms with Crippen molar-refractivity contribution in [2.24, 2.45) is 5.73 Å². The number of thioether (sulfide) groups is 2. The van der Waals surface area contributed by atoms with Gasteiger partial charge in [0, 0.05) is 5.69 Å². The Kier molecular flexibility index (Phi) is 6.84. The summed E-state index contributed by atoms with van der Waals surface area (Å²) in [7, 11) is 0. The fraction of sp³-hybridized carbons (Fsp3) is 0.231. The number of hydrogen-bond acceptors (Lipinski definition) is 7. The molecule has 0 aliphatic carbocycles. The third-order valence-corrected chi connectivity index (χ3v) is 6.11. The Morgan fingerprint density at radius 3 is 2.79 bits per heavy atom. The Balaban J connectivity index is 1.91. The van der Waals surface area contributed by atoms with E-state index >= 15 is 0 Å². The molecule has 0 bridgehead atoms. The van der Waals surface area contributed by atoms with Crippen molar-refractivity contribution >= 4 is 64.0 Å². The predicted molar refractivity (Wildman–Crippen MR) is 95.2 cm³/mol. The first-order valence-corrected chi connectivity index (χ1v) is 9.58. The monoisotopic (exact) mass is 406 g/mol. The van der Waals surface area contributed by atoms with E-state index in [1.165, 1.54) is 53.1 Å². The molecule has 6 nitrogen and oxygen atoms in total. The molecule has 0 aliphatic rings. The van der Waals surface area contributed by atoms with Crippen molar-refractivity contribution in [1.82, 2.24) is 10.2 Å². The zero-order chi connectivity index (χ0) is 17.7. The van der Waals surface area contributed by atoms with Gasteiger partial charge in [0.1, 0.15) is 5.82 Å². The van der Waals surface area contributed by atoms with E-state index in [1.54, 1.807) is 6.92 Å². The van der Waals surface area contributed by atoms with Crippen LogP contribution in [0.3, 0.4) is 0 Å². The highest BCUT2D eigenvalue weighted by molar-refractivity contribution is 8.04. The second-order valence-corrected chi connectivity index (χ2v) is 8.66. The minimum Gasteiger partial charge on any atom is -0.369 e. The molecule has 11 heteroatoms. The molecule has 128 valence electrons. The highest BCUT2D eigenvalue weighted by Gasteiger charge is 2.18. The lowest BCUT2D eigenvalue weighted by molar-refractivity contribution is -0.116. The van der Waals surface area contributed by atoms with Gasteiger partial charge in [0.2, 0.25) is 11.8 Å². The van der Waals surface area contributed by atoms with Crippen molar-refractivity contribution in [3.8, 4) is 0 Å². The number of nitrogens with one attached hydrogen (secondary N) is 1. The van der Waals surface area contributed by atoms with Crippen molar-refractivity contribution in [2.75, 3.05) is 11.1 Å². The number of aromatic nitrogens is 2. The standard InChI is InChI=1S/C13H12ClFN4O2S3/c1-6(11(21)17-7-2-3-9(15)8(14)4-7)23-13-19-18-12(24-13)22-5-10(16)20/h2-4,6H,5H2,1H3,(H2,16,20)(H,17,21). The molecule has 0 saturated carbocycles. The van der Waals surface area contributed by atoms with Crippen molar-refractivity contribution in [3.05, 3.63) is 29.0 Å². The first-order chi connectivity index (χ1) is 11.3. The molecule has 2 aromatic rings. The highest BCUT2D eigenvalue weighted by Crippen LogP contribution is 2.31. The number of halogens is 2. The molecule has 2 rings (SSSR count). The van der Waals surface area contributed by atoms with Gasteiger partial charge in [-0.1, -0.05) is 46.5 Å². The average molecular weight is 407 g/mol. The van der Waals surface area contributed by atoms with E-state index in [1.807, 2.05) is 0 Å². The number of rotatable bonds is 7. The largest absolute Gasteiger partial charge is 0.369 e. The van der Waals surface area contributed by atoms with Crippen LogP contribution in [0.2, 0.25) is 5.02 Å². The maximum atomic E-state index is 13.1. The van der Waals surface area contributed by atoms with Crippen LogP contribution in [0.5, 0.6) is 0 Å². The summed E-state index contributed by atoms with van der Waals surface area (Å²) in [6.07, 6.45) is 0. The fourth-order valence-electron chi connectivity index (χ4n) is 1.46. The van der Waals surface area contributed by atoms with Crippen LogP contribution in [0.4, 0.5) is 10.1 Å². The molecule has 0 aliphatic heterocycles. The normalized spacial score (nSPS) is 12.0. The second kappa shape index (κ2) is 8.65. The highest BCUT2D eigenvalue weighted by atomic mass is 35.5. The van der Waals surface area contributed by atoms with Gasteiger partial charge in [-0.05, 0) is 25.1 Å². The van der Waals surface area contributed by atoms with Gasteiger partial charge in [-0.3, -0.25) is 9.59 Å². The number of carbonyl (C=O) groups is 2. The van der Waals surface area contributed by atoms with Crippen LogP contribution in [-0.2, 0) is 9.59 Å². The molecule has 3 N–H and O–H groups in total. The molecule has 0 radical (unpaired) electrons. The van der Waals surface area contributed by atoms with Gasteiger partial charge in [0.05, 0.1) is 16.0 Å². The fourth-order valence-corrected chi connectivity index (χ4v) is 4.54. The Morgan fingerprint density at radius 1 is 1.42 bits per heavy atom. The summed E-state index contributed by atoms with van der Waals surface area (Å²) in [5.74, 6) is -1.13. The van der Waals surface area contributed by atoms with Crippen LogP contribution >= 0.6 is 46.5 Å². The van der Waals surface area contributed by atoms with Crippen molar-refractivity contribution in [3.63, 3.8) is 0 Å². The van der Waals surface area contributed by atoms with Crippen LogP contribution in [0.15, 0.2) is 26.9 Å². The number of nitrogens with zero attached hydrogens (tertiary/aromatic N) is 2. The second-order valence-electron chi connectivity index (χ2n) is 4.47. The number of primary amides is 1. The molecule has 1 heterocycles. The molecule has 1 unspecified atom stereocenters. The zero-order valence-electron chi connectivity index (χ0n) is 12.3. The van der Waals surface area contributed by atoms with Gasteiger partial charge in [-0.15, -0.1) is 10.2 Å². The molecular formula is C13H12ClFN4O2S3. The zero-order valence-corrected chi connectivity index (χ0v) is 15.5. The topological polar surface area (TPSA) is 98.0 Å². The minimum atomic E-state index is -0.549. The molecule has 0 saturated heterocycles. The van der Waals surface area contributed by atoms with Crippen LogP contribution in [-0.4, -0.2) is 33.0 Å². The number of anilines is 1. The van der Waals surface area contributed by atoms with Gasteiger partial charge in [0.25, 0.3) is 0 Å². The van der Waals surface area contributed by atoms with Gasteiger partial charge in [-0.2, -0.15) is 0 Å². The van der Waals surface area contributed by atoms with E-state index < -0.39 is 17.0 Å². The quantitative estimate of drug-likeness (QED) is 0.686. The van der Waals surface area contributed by atoms with Gasteiger partial charge in [0.15, 0.2) is 8.68 Å². The number of nitrogens with two attached hydrogens (primary N) is 1. The summed E-state index contributed by atoms with van der Waals surface area (Å²) in [5, 5.41) is 10.0. The first-order valence-electron chi connectivity index (χ1n) is 6.52. The third-order valence-electron chi connectivity index (χ3n) is 2.56. The van der Waals surface area contributed by atoms with E-state index in [-0.39, 0.29) is 16.7 Å². The van der Waals surface area contributed by atoms with E-state index in [4.69, 9.17) is 17.3 Å². The Morgan fingerprint density at radius 2 is 2.12 bits per heavy atom. The molecule has 1 atom stereocenters. The van der Waals surface area contributed by atoms with E-state index in [0.717, 1.165) is 0 Å². The van der Waals surface area contributed by atoms with Crippen LogP contribution in [0.25, 0.3) is 0 Å². The molecular weight excluding hydrogens is 395 g/mol. The summed E-state index contributed by atoms with van der Waals surface area (Å²) < 4.78 is 14.3. The van der Waals surface area contributed by atoms with Crippen molar-refractivity contribution in [2.45, 2.75) is 20.9 Å². The summed E-state index contributed by atoms with van der Waals surface area (Å²) in [6, 6.07) is 3.96. The van der Waals surface area contributed by atoms with Gasteiger partial charge < -0.3 is 11.1 Å². The first kappa shape index (κ1) is 19.0. The molecule has 0 spiro atoms. The number of benzene rings is 1. The molecule has 1 aromatic carbocycles. The van der Waals surface area contributed by atoms with Crippen LogP contribution in [0.1, 0.15) is 6.92 Å². The minimum absolute atomic E-state index is 0.0617. The van der Waals surface area contributed by atoms with Crippen molar-refractivity contribution in [1.29, 1.82) is 0 Å². The lowest BCUT2D eigenvalue weighted by Gasteiger charge is -2.10. The molecule has 1 aromatic heterocycles.